The lowest BCUT2D eigenvalue weighted by Crippen LogP contribution is -2.35. The van der Waals surface area contributed by atoms with Gasteiger partial charge in [0.15, 0.2) is 0 Å². The van der Waals surface area contributed by atoms with Gasteiger partial charge in [0.1, 0.15) is 11.7 Å². The van der Waals surface area contributed by atoms with Crippen LogP contribution in [0.15, 0.2) is 39.1 Å². The lowest BCUT2D eigenvalue weighted by Gasteiger charge is -2.28. The van der Waals surface area contributed by atoms with E-state index in [0.717, 1.165) is 0 Å². The molecule has 0 fully saturated rings. The highest BCUT2D eigenvalue weighted by molar-refractivity contribution is 6.06. The molecular weight excluding hydrogens is 298 g/mol. The predicted octanol–water partition coefficient (Wildman–Crippen LogP) is 3.01. The molecule has 1 aromatic rings. The van der Waals surface area contributed by atoms with E-state index in [2.05, 4.69) is 4.99 Å². The van der Waals surface area contributed by atoms with E-state index in [1.807, 2.05) is 13.8 Å². The molecule has 0 amide bonds. The molecule has 0 saturated carbocycles. The van der Waals surface area contributed by atoms with Crippen molar-refractivity contribution in [1.82, 2.24) is 0 Å². The summed E-state index contributed by atoms with van der Waals surface area (Å²) in [5.74, 6) is -2.67. The number of carboxylic acid groups (broad SMARTS) is 1. The quantitative estimate of drug-likeness (QED) is 0.843. The van der Waals surface area contributed by atoms with Crippen molar-refractivity contribution in [3.8, 4) is 0 Å². The SMILES string of the molecule is CC1=NC(C)=C(C(=O)OCC(C)C)C(c2ccco2)C1C(=O)O. The van der Waals surface area contributed by atoms with Crippen LogP contribution in [-0.2, 0) is 14.3 Å². The molecule has 1 aromatic heterocycles. The molecule has 2 unspecified atom stereocenters. The van der Waals surface area contributed by atoms with E-state index >= 15 is 0 Å². The first kappa shape index (κ1) is 17.0. The first-order chi connectivity index (χ1) is 10.8. The Labute approximate surface area is 134 Å². The molecule has 0 saturated heterocycles. The summed E-state index contributed by atoms with van der Waals surface area (Å²) in [6.07, 6.45) is 1.46. The van der Waals surface area contributed by atoms with Gasteiger partial charge in [-0.05, 0) is 31.9 Å². The molecule has 2 heterocycles. The number of nitrogens with zero attached hydrogens (tertiary/aromatic N) is 1. The molecule has 1 N–H and O–H groups in total. The molecule has 2 rings (SSSR count). The highest BCUT2D eigenvalue weighted by atomic mass is 16.5. The first-order valence-corrected chi connectivity index (χ1v) is 7.52. The summed E-state index contributed by atoms with van der Waals surface area (Å²) < 4.78 is 10.7. The maximum atomic E-state index is 12.5. The second-order valence-electron chi connectivity index (χ2n) is 6.05. The Hall–Kier alpha value is -2.37. The molecule has 0 bridgehead atoms. The number of hydrogen-bond acceptors (Lipinski definition) is 5. The van der Waals surface area contributed by atoms with Crippen molar-refractivity contribution in [2.24, 2.45) is 16.8 Å². The average molecular weight is 319 g/mol. The Morgan fingerprint density at radius 2 is 2.09 bits per heavy atom. The molecule has 23 heavy (non-hydrogen) atoms. The van der Waals surface area contributed by atoms with Gasteiger partial charge in [-0.25, -0.2) is 4.79 Å². The van der Waals surface area contributed by atoms with E-state index in [0.29, 0.717) is 17.2 Å². The van der Waals surface area contributed by atoms with Gasteiger partial charge in [-0.2, -0.15) is 0 Å². The number of carbonyl (C=O) groups is 2. The zero-order chi connectivity index (χ0) is 17.1. The highest BCUT2D eigenvalue weighted by Crippen LogP contribution is 2.39. The summed E-state index contributed by atoms with van der Waals surface area (Å²) in [5.41, 5.74) is 1.16. The number of carboxylic acids is 1. The number of ether oxygens (including phenoxy) is 1. The third kappa shape index (κ3) is 3.52. The van der Waals surface area contributed by atoms with Crippen molar-refractivity contribution >= 4 is 17.7 Å². The Kier molecular flexibility index (Phi) is 5.03. The van der Waals surface area contributed by atoms with Crippen LogP contribution in [0.1, 0.15) is 39.4 Å². The highest BCUT2D eigenvalue weighted by Gasteiger charge is 2.43. The van der Waals surface area contributed by atoms with E-state index in [1.165, 1.54) is 6.26 Å². The fourth-order valence-electron chi connectivity index (χ4n) is 2.72. The molecule has 1 aliphatic rings. The average Bonchev–Trinajstić information content (AvgIpc) is 2.97. The summed E-state index contributed by atoms with van der Waals surface area (Å²) in [6.45, 7) is 7.46. The fraction of sp³-hybridized carbons (Fsp3) is 0.471. The third-order valence-electron chi connectivity index (χ3n) is 3.71. The van der Waals surface area contributed by atoms with Crippen molar-refractivity contribution in [2.45, 2.75) is 33.6 Å². The molecule has 0 aromatic carbocycles. The fourth-order valence-corrected chi connectivity index (χ4v) is 2.72. The predicted molar refractivity (Wildman–Crippen MR) is 84.2 cm³/mol. The van der Waals surface area contributed by atoms with Gasteiger partial charge in [-0.15, -0.1) is 0 Å². The topological polar surface area (TPSA) is 89.1 Å². The summed E-state index contributed by atoms with van der Waals surface area (Å²) in [7, 11) is 0. The van der Waals surface area contributed by atoms with E-state index in [9.17, 15) is 14.7 Å². The normalized spacial score (nSPS) is 21.3. The minimum absolute atomic E-state index is 0.186. The van der Waals surface area contributed by atoms with E-state index < -0.39 is 23.8 Å². The monoisotopic (exact) mass is 319 g/mol. The van der Waals surface area contributed by atoms with Gasteiger partial charge in [0, 0.05) is 11.4 Å². The molecule has 0 spiro atoms. The summed E-state index contributed by atoms with van der Waals surface area (Å²) >= 11 is 0. The minimum Gasteiger partial charge on any atom is -0.481 e. The number of aliphatic imine (C=N–C) groups is 1. The van der Waals surface area contributed by atoms with E-state index in [-0.39, 0.29) is 18.1 Å². The van der Waals surface area contributed by atoms with Crippen LogP contribution in [0.2, 0.25) is 0 Å². The van der Waals surface area contributed by atoms with Crippen LogP contribution in [0.4, 0.5) is 0 Å². The molecule has 0 radical (unpaired) electrons. The first-order valence-electron chi connectivity index (χ1n) is 7.52. The molecule has 124 valence electrons. The number of esters is 1. The van der Waals surface area contributed by atoms with Crippen LogP contribution >= 0.6 is 0 Å². The zero-order valence-corrected chi connectivity index (χ0v) is 13.7. The summed E-state index contributed by atoms with van der Waals surface area (Å²) in [5, 5.41) is 9.58. The van der Waals surface area contributed by atoms with Gasteiger partial charge >= 0.3 is 11.9 Å². The van der Waals surface area contributed by atoms with Gasteiger partial charge in [0.2, 0.25) is 0 Å². The second kappa shape index (κ2) is 6.81. The number of hydrogen-bond donors (Lipinski definition) is 1. The summed E-state index contributed by atoms with van der Waals surface area (Å²) in [4.78, 5) is 28.5. The summed E-state index contributed by atoms with van der Waals surface area (Å²) in [6, 6.07) is 3.34. The van der Waals surface area contributed by atoms with Crippen molar-refractivity contribution in [3.05, 3.63) is 35.4 Å². The van der Waals surface area contributed by atoms with Gasteiger partial charge in [-0.1, -0.05) is 13.8 Å². The van der Waals surface area contributed by atoms with Crippen molar-refractivity contribution in [1.29, 1.82) is 0 Å². The Bertz CT molecular complexity index is 655. The standard InChI is InChI=1S/C17H21NO5/c1-9(2)8-23-17(21)14-11(4)18-10(3)13(16(19)20)15(14)12-6-5-7-22-12/h5-7,9,13,15H,8H2,1-4H3,(H,19,20). The molecule has 6 nitrogen and oxygen atoms in total. The zero-order valence-electron chi connectivity index (χ0n) is 13.7. The molecule has 2 atom stereocenters. The van der Waals surface area contributed by atoms with E-state index in [4.69, 9.17) is 9.15 Å². The maximum Gasteiger partial charge on any atom is 0.336 e. The number of furan rings is 1. The van der Waals surface area contributed by atoms with Crippen LogP contribution in [0, 0.1) is 11.8 Å². The van der Waals surface area contributed by atoms with Crippen LogP contribution in [-0.4, -0.2) is 29.4 Å². The van der Waals surface area contributed by atoms with E-state index in [1.54, 1.807) is 26.0 Å². The second-order valence-corrected chi connectivity index (χ2v) is 6.05. The van der Waals surface area contributed by atoms with Gasteiger partial charge in [0.25, 0.3) is 0 Å². The Morgan fingerprint density at radius 1 is 1.39 bits per heavy atom. The number of aliphatic carboxylic acids is 1. The largest absolute Gasteiger partial charge is 0.481 e. The van der Waals surface area contributed by atoms with Crippen LogP contribution in [0.5, 0.6) is 0 Å². The van der Waals surface area contributed by atoms with Crippen molar-refractivity contribution < 1.29 is 23.8 Å². The maximum absolute atomic E-state index is 12.5. The van der Waals surface area contributed by atoms with Crippen LogP contribution in [0.3, 0.4) is 0 Å². The molecule has 0 aliphatic carbocycles. The number of allylic oxidation sites excluding steroid dienone is 1. The van der Waals surface area contributed by atoms with Gasteiger partial charge in [0.05, 0.1) is 24.4 Å². The molecular formula is C17H21NO5. The Morgan fingerprint density at radius 3 is 2.61 bits per heavy atom. The van der Waals surface area contributed by atoms with Gasteiger partial charge < -0.3 is 14.3 Å². The van der Waals surface area contributed by atoms with Gasteiger partial charge in [-0.3, -0.25) is 9.79 Å². The third-order valence-corrected chi connectivity index (χ3v) is 3.71. The lowest BCUT2D eigenvalue weighted by molar-refractivity contribution is -0.142. The molecule has 1 aliphatic heterocycles. The number of rotatable bonds is 5. The Balaban J connectivity index is 2.47. The van der Waals surface area contributed by atoms with Crippen LogP contribution in [0.25, 0.3) is 0 Å². The smallest absolute Gasteiger partial charge is 0.336 e. The minimum atomic E-state index is -1.05. The lowest BCUT2D eigenvalue weighted by atomic mass is 9.78. The number of carbonyl (C=O) groups excluding carboxylic acids is 1. The van der Waals surface area contributed by atoms with Crippen molar-refractivity contribution in [2.75, 3.05) is 6.61 Å². The molecule has 6 heteroatoms. The van der Waals surface area contributed by atoms with Crippen LogP contribution < -0.4 is 0 Å². The van der Waals surface area contributed by atoms with Crippen molar-refractivity contribution in [3.63, 3.8) is 0 Å².